The summed E-state index contributed by atoms with van der Waals surface area (Å²) < 4.78 is 20.5. The second kappa shape index (κ2) is 6.35. The maximum Gasteiger partial charge on any atom is 0.342 e. The number of para-hydroxylation sites is 1. The van der Waals surface area contributed by atoms with E-state index >= 15 is 0 Å². The van der Waals surface area contributed by atoms with Gasteiger partial charge in [-0.2, -0.15) is 4.98 Å². The van der Waals surface area contributed by atoms with Crippen LogP contribution in [-0.2, 0) is 11.3 Å². The van der Waals surface area contributed by atoms with Crippen LogP contribution >= 0.6 is 0 Å². The number of nitrogens with zero attached hydrogens (tertiary/aromatic N) is 2. The normalized spacial score (nSPS) is 10.5. The molecule has 23 heavy (non-hydrogen) atoms. The molecule has 0 saturated heterocycles. The summed E-state index contributed by atoms with van der Waals surface area (Å²) in [5.41, 5.74) is 1.07. The topological polar surface area (TPSA) is 87.6 Å². The van der Waals surface area contributed by atoms with Crippen molar-refractivity contribution in [2.24, 2.45) is 0 Å². The summed E-state index contributed by atoms with van der Waals surface area (Å²) in [5, 5.41) is 3.88. The van der Waals surface area contributed by atoms with Crippen LogP contribution in [0.4, 0.5) is 0 Å². The number of methoxy groups -OCH3 is 1. The van der Waals surface area contributed by atoms with Crippen LogP contribution < -0.4 is 4.74 Å². The van der Waals surface area contributed by atoms with Crippen molar-refractivity contribution in [3.8, 4) is 17.1 Å². The van der Waals surface area contributed by atoms with E-state index in [0.29, 0.717) is 28.5 Å². The Hall–Kier alpha value is -3.09. The molecule has 0 amide bonds. The third kappa shape index (κ3) is 3.08. The monoisotopic (exact) mass is 314 g/mol. The number of hydrogen-bond donors (Lipinski definition) is 0. The number of rotatable bonds is 5. The molecule has 0 unspecified atom stereocenters. The lowest BCUT2D eigenvalue weighted by atomic mass is 10.2. The lowest BCUT2D eigenvalue weighted by Crippen LogP contribution is -2.05. The minimum absolute atomic E-state index is 0.119. The molecule has 7 nitrogen and oxygen atoms in total. The molecule has 0 fully saturated rings. The molecule has 7 heteroatoms. The zero-order valence-corrected chi connectivity index (χ0v) is 12.6. The summed E-state index contributed by atoms with van der Waals surface area (Å²) in [6.45, 7) is 1.56. The van der Waals surface area contributed by atoms with E-state index in [0.717, 1.165) is 0 Å². The highest BCUT2D eigenvalue weighted by atomic mass is 16.6. The van der Waals surface area contributed by atoms with Gasteiger partial charge < -0.3 is 18.4 Å². The van der Waals surface area contributed by atoms with Crippen molar-refractivity contribution >= 4 is 5.97 Å². The molecule has 3 rings (SSSR count). The van der Waals surface area contributed by atoms with Crippen molar-refractivity contribution in [3.63, 3.8) is 0 Å². The molecule has 0 atom stereocenters. The van der Waals surface area contributed by atoms with Gasteiger partial charge in [0.1, 0.15) is 17.1 Å². The van der Waals surface area contributed by atoms with Gasteiger partial charge in [0.2, 0.25) is 5.82 Å². The van der Waals surface area contributed by atoms with Gasteiger partial charge in [-0.25, -0.2) is 4.79 Å². The summed E-state index contributed by atoms with van der Waals surface area (Å²) in [6.07, 6.45) is 1.43. The molecule has 1 aromatic carbocycles. The number of benzene rings is 1. The number of carbonyl (C=O) groups is 1. The van der Waals surface area contributed by atoms with Crippen LogP contribution in [0.1, 0.15) is 22.0 Å². The average molecular weight is 314 g/mol. The van der Waals surface area contributed by atoms with Gasteiger partial charge in [-0.05, 0) is 25.1 Å². The Morgan fingerprint density at radius 2 is 2.09 bits per heavy atom. The first-order valence-electron chi connectivity index (χ1n) is 6.86. The first kappa shape index (κ1) is 14.8. The number of aryl methyl sites for hydroxylation is 1. The Labute approximate surface area is 131 Å². The van der Waals surface area contributed by atoms with Crippen molar-refractivity contribution in [1.82, 2.24) is 10.1 Å². The number of furan rings is 1. The number of carbonyl (C=O) groups excluding carboxylic acids is 1. The Morgan fingerprint density at radius 3 is 2.83 bits per heavy atom. The largest absolute Gasteiger partial charge is 0.496 e. The van der Waals surface area contributed by atoms with Crippen molar-refractivity contribution < 1.29 is 23.2 Å². The van der Waals surface area contributed by atoms with E-state index in [2.05, 4.69) is 10.1 Å². The quantitative estimate of drug-likeness (QED) is 0.669. The molecular weight excluding hydrogens is 300 g/mol. The Bertz CT molecular complexity index is 821. The third-order valence-electron chi connectivity index (χ3n) is 3.22. The molecule has 2 aromatic heterocycles. The minimum atomic E-state index is -0.506. The molecule has 0 N–H and O–H groups in total. The standard InChI is InChI=1S/C16H14N2O5/c1-10-11(7-8-21-10)16(19)22-9-14-17-15(18-23-14)12-5-3-4-6-13(12)20-2/h3-8H,9H2,1-2H3. The van der Waals surface area contributed by atoms with E-state index in [1.54, 1.807) is 26.2 Å². The van der Waals surface area contributed by atoms with Gasteiger partial charge in [-0.1, -0.05) is 17.3 Å². The van der Waals surface area contributed by atoms with Crippen molar-refractivity contribution in [3.05, 3.63) is 53.8 Å². The van der Waals surface area contributed by atoms with E-state index in [9.17, 15) is 4.79 Å². The average Bonchev–Trinajstić information content (AvgIpc) is 3.21. The first-order valence-corrected chi connectivity index (χ1v) is 6.86. The molecule has 118 valence electrons. The first-order chi connectivity index (χ1) is 11.2. The molecule has 0 spiro atoms. The molecular formula is C16H14N2O5. The summed E-state index contributed by atoms with van der Waals surface area (Å²) in [6, 6.07) is 8.85. The van der Waals surface area contributed by atoms with Crippen molar-refractivity contribution in [1.29, 1.82) is 0 Å². The van der Waals surface area contributed by atoms with E-state index in [1.807, 2.05) is 18.2 Å². The predicted octanol–water partition coefficient (Wildman–Crippen LogP) is 3.00. The number of hydrogen-bond acceptors (Lipinski definition) is 7. The van der Waals surface area contributed by atoms with Crippen LogP contribution in [0.3, 0.4) is 0 Å². The van der Waals surface area contributed by atoms with Crippen LogP contribution in [0.2, 0.25) is 0 Å². The van der Waals surface area contributed by atoms with E-state index < -0.39 is 5.97 Å². The fraction of sp³-hybridized carbons (Fsp3) is 0.188. The molecule has 3 aromatic rings. The van der Waals surface area contributed by atoms with E-state index in [1.165, 1.54) is 6.26 Å². The second-order valence-electron chi connectivity index (χ2n) is 4.68. The maximum absolute atomic E-state index is 11.9. The van der Waals surface area contributed by atoms with Crippen LogP contribution in [0, 0.1) is 6.92 Å². The summed E-state index contributed by atoms with van der Waals surface area (Å²) in [5.74, 6) is 1.18. The van der Waals surface area contributed by atoms with Gasteiger partial charge in [-0.3, -0.25) is 0 Å². The number of esters is 1. The predicted molar refractivity (Wildman–Crippen MR) is 78.9 cm³/mol. The van der Waals surface area contributed by atoms with Crippen LogP contribution in [0.5, 0.6) is 5.75 Å². The Balaban J connectivity index is 1.70. The van der Waals surface area contributed by atoms with Gasteiger partial charge in [0.15, 0.2) is 6.61 Å². The molecule has 0 bridgehead atoms. The minimum Gasteiger partial charge on any atom is -0.496 e. The SMILES string of the molecule is COc1ccccc1-c1noc(COC(=O)c2ccoc2C)n1. The highest BCUT2D eigenvalue weighted by Gasteiger charge is 2.16. The highest BCUT2D eigenvalue weighted by molar-refractivity contribution is 5.90. The lowest BCUT2D eigenvalue weighted by molar-refractivity contribution is 0.0428. The van der Waals surface area contributed by atoms with Crippen molar-refractivity contribution in [2.45, 2.75) is 13.5 Å². The molecule has 2 heterocycles. The van der Waals surface area contributed by atoms with Crippen LogP contribution in [-0.4, -0.2) is 23.2 Å². The summed E-state index contributed by atoms with van der Waals surface area (Å²) in [4.78, 5) is 16.1. The van der Waals surface area contributed by atoms with Crippen molar-refractivity contribution in [2.75, 3.05) is 7.11 Å². The Morgan fingerprint density at radius 1 is 1.26 bits per heavy atom. The molecule has 0 radical (unpaired) electrons. The summed E-state index contributed by atoms with van der Waals surface area (Å²) in [7, 11) is 1.56. The highest BCUT2D eigenvalue weighted by Crippen LogP contribution is 2.27. The Kier molecular flexibility index (Phi) is 4.09. The fourth-order valence-corrected chi connectivity index (χ4v) is 2.05. The third-order valence-corrected chi connectivity index (χ3v) is 3.22. The van der Waals surface area contributed by atoms with Gasteiger partial charge >= 0.3 is 5.97 Å². The zero-order chi connectivity index (χ0) is 16.2. The molecule has 0 saturated carbocycles. The van der Waals surface area contributed by atoms with Crippen LogP contribution in [0.15, 0.2) is 45.5 Å². The van der Waals surface area contributed by atoms with Gasteiger partial charge in [0, 0.05) is 0 Å². The molecule has 0 aliphatic heterocycles. The fourth-order valence-electron chi connectivity index (χ4n) is 2.05. The summed E-state index contributed by atoms with van der Waals surface area (Å²) >= 11 is 0. The van der Waals surface area contributed by atoms with E-state index in [-0.39, 0.29) is 12.5 Å². The lowest BCUT2D eigenvalue weighted by Gasteiger charge is -2.03. The smallest absolute Gasteiger partial charge is 0.342 e. The van der Waals surface area contributed by atoms with Crippen LogP contribution in [0.25, 0.3) is 11.4 Å². The van der Waals surface area contributed by atoms with Gasteiger partial charge in [-0.15, -0.1) is 0 Å². The molecule has 0 aliphatic carbocycles. The van der Waals surface area contributed by atoms with E-state index in [4.69, 9.17) is 18.4 Å². The number of aromatic nitrogens is 2. The number of ether oxygens (including phenoxy) is 2. The van der Waals surface area contributed by atoms with Gasteiger partial charge in [0.05, 0.1) is 18.9 Å². The second-order valence-corrected chi connectivity index (χ2v) is 4.68. The zero-order valence-electron chi connectivity index (χ0n) is 12.6. The molecule has 0 aliphatic rings. The van der Waals surface area contributed by atoms with Gasteiger partial charge in [0.25, 0.3) is 5.89 Å². The maximum atomic E-state index is 11.9.